The molecule has 9 nitrogen and oxygen atoms in total. The minimum absolute atomic E-state index is 0.149. The first-order valence-corrected chi connectivity index (χ1v) is 11.8. The van der Waals surface area contributed by atoms with E-state index in [9.17, 15) is 4.79 Å². The molecule has 6 atom stereocenters. The normalized spacial score (nSPS) is 23.7. The van der Waals surface area contributed by atoms with Crippen LogP contribution in [0.25, 0.3) is 11.0 Å². The number of hydrogen-bond acceptors (Lipinski definition) is 8. The van der Waals surface area contributed by atoms with Gasteiger partial charge in [0.2, 0.25) is 0 Å². The van der Waals surface area contributed by atoms with Gasteiger partial charge >= 0.3 is 8.53 Å². The maximum atomic E-state index is 11.2. The minimum Gasteiger partial charge on any atom is -0.436 e. The molecule has 0 bridgehead atoms. The summed E-state index contributed by atoms with van der Waals surface area (Å²) in [5.41, 5.74) is 6.73. The molecule has 0 radical (unpaired) electrons. The second-order valence-electron chi connectivity index (χ2n) is 8.02. The third kappa shape index (κ3) is 4.91. The summed E-state index contributed by atoms with van der Waals surface area (Å²) in [6, 6.07) is 10.9. The molecule has 3 heterocycles. The zero-order chi connectivity index (χ0) is 22.7. The van der Waals surface area contributed by atoms with E-state index in [0.717, 1.165) is 23.7 Å². The van der Waals surface area contributed by atoms with Gasteiger partial charge in [0, 0.05) is 12.1 Å². The number of aldehydes is 1. The number of benzene rings is 1. The molecule has 1 aromatic carbocycles. The molecule has 4 rings (SSSR count). The van der Waals surface area contributed by atoms with Gasteiger partial charge in [0.25, 0.3) is 0 Å². The summed E-state index contributed by atoms with van der Waals surface area (Å²) >= 11 is 0. The molecule has 3 aromatic rings. The fourth-order valence-electron chi connectivity index (χ4n) is 3.76. The second-order valence-corrected chi connectivity index (χ2v) is 9.19. The van der Waals surface area contributed by atoms with Crippen molar-refractivity contribution in [2.75, 3.05) is 5.73 Å². The highest BCUT2D eigenvalue weighted by Crippen LogP contribution is 2.43. The maximum Gasteiger partial charge on any atom is 0.319 e. The molecule has 0 aliphatic carbocycles. The van der Waals surface area contributed by atoms with E-state index in [1.807, 2.05) is 54.1 Å². The maximum absolute atomic E-state index is 11.2. The van der Waals surface area contributed by atoms with Crippen LogP contribution in [0.5, 0.6) is 5.75 Å². The van der Waals surface area contributed by atoms with E-state index in [1.54, 1.807) is 6.92 Å². The van der Waals surface area contributed by atoms with Crippen LogP contribution in [0.1, 0.15) is 33.4 Å². The lowest BCUT2D eigenvalue weighted by Crippen LogP contribution is -2.30. The van der Waals surface area contributed by atoms with Gasteiger partial charge in [-0.15, -0.1) is 0 Å². The Bertz CT molecular complexity index is 1050. The van der Waals surface area contributed by atoms with Crippen LogP contribution in [0.2, 0.25) is 0 Å². The SMILES string of the molecule is CC1CC(C(C)OP(N[C@@H](C)C=O)Oc2ccccc2)OC1n1ccc2c(N)ncnc21. The van der Waals surface area contributed by atoms with Crippen molar-refractivity contribution in [3.63, 3.8) is 0 Å². The van der Waals surface area contributed by atoms with E-state index in [0.29, 0.717) is 11.6 Å². The fourth-order valence-corrected chi connectivity index (χ4v) is 5.06. The van der Waals surface area contributed by atoms with E-state index in [2.05, 4.69) is 22.0 Å². The van der Waals surface area contributed by atoms with Crippen LogP contribution >= 0.6 is 8.53 Å². The van der Waals surface area contributed by atoms with Gasteiger partial charge in [0.05, 0.1) is 23.6 Å². The van der Waals surface area contributed by atoms with Crippen LogP contribution in [0.15, 0.2) is 48.9 Å². The molecule has 0 amide bonds. The van der Waals surface area contributed by atoms with Crippen LogP contribution < -0.4 is 15.3 Å². The molecule has 10 heteroatoms. The molecule has 0 spiro atoms. The number of anilines is 1. The summed E-state index contributed by atoms with van der Waals surface area (Å²) in [7, 11) is -1.55. The predicted octanol–water partition coefficient (Wildman–Crippen LogP) is 3.83. The average molecular weight is 457 g/mol. The van der Waals surface area contributed by atoms with Crippen LogP contribution in [0, 0.1) is 5.92 Å². The number of rotatable bonds is 9. The molecule has 32 heavy (non-hydrogen) atoms. The molecular formula is C22H28N5O4P. The zero-order valence-electron chi connectivity index (χ0n) is 18.3. The van der Waals surface area contributed by atoms with Crippen molar-refractivity contribution in [2.24, 2.45) is 5.92 Å². The summed E-state index contributed by atoms with van der Waals surface area (Å²) in [6.45, 7) is 5.87. The van der Waals surface area contributed by atoms with E-state index in [-0.39, 0.29) is 24.4 Å². The molecular weight excluding hydrogens is 429 g/mol. The topological polar surface area (TPSA) is 114 Å². The highest BCUT2D eigenvalue weighted by Gasteiger charge is 2.38. The first-order chi connectivity index (χ1) is 15.5. The number of nitrogens with one attached hydrogen (secondary N) is 1. The van der Waals surface area contributed by atoms with Crippen molar-refractivity contribution >= 4 is 31.7 Å². The van der Waals surface area contributed by atoms with Gasteiger partial charge in [0.1, 0.15) is 36.1 Å². The Morgan fingerprint density at radius 1 is 1.28 bits per heavy atom. The van der Waals surface area contributed by atoms with Gasteiger partial charge in [-0.2, -0.15) is 0 Å². The number of carbonyl (C=O) groups excluding carboxylic acids is 1. The summed E-state index contributed by atoms with van der Waals surface area (Å²) in [6.07, 6.45) is 4.43. The first kappa shape index (κ1) is 22.6. The van der Waals surface area contributed by atoms with E-state index in [1.165, 1.54) is 6.33 Å². The Hall–Kier alpha value is -2.58. The number of para-hydroxylation sites is 1. The number of aromatic nitrogens is 3. The van der Waals surface area contributed by atoms with Crippen molar-refractivity contribution in [1.82, 2.24) is 19.6 Å². The van der Waals surface area contributed by atoms with E-state index in [4.69, 9.17) is 19.5 Å². The third-order valence-corrected chi connectivity index (χ3v) is 6.97. The lowest BCUT2D eigenvalue weighted by atomic mass is 10.0. The van der Waals surface area contributed by atoms with Crippen LogP contribution in [-0.4, -0.2) is 39.1 Å². The summed E-state index contributed by atoms with van der Waals surface area (Å²) in [5.74, 6) is 1.36. The number of ether oxygens (including phenoxy) is 1. The summed E-state index contributed by atoms with van der Waals surface area (Å²) < 4.78 is 20.6. The molecule has 5 unspecified atom stereocenters. The van der Waals surface area contributed by atoms with Crippen LogP contribution in [-0.2, 0) is 14.1 Å². The Balaban J connectivity index is 1.46. The largest absolute Gasteiger partial charge is 0.436 e. The number of nitrogens with two attached hydrogens (primary N) is 1. The zero-order valence-corrected chi connectivity index (χ0v) is 19.2. The van der Waals surface area contributed by atoms with Crippen molar-refractivity contribution in [2.45, 2.75) is 51.7 Å². The first-order valence-electron chi connectivity index (χ1n) is 10.6. The minimum atomic E-state index is -1.55. The van der Waals surface area contributed by atoms with Gasteiger partial charge < -0.3 is 28.9 Å². The smallest absolute Gasteiger partial charge is 0.319 e. The van der Waals surface area contributed by atoms with Gasteiger partial charge in [-0.05, 0) is 38.5 Å². The number of hydrogen-bond donors (Lipinski definition) is 2. The molecule has 0 saturated carbocycles. The molecule has 3 N–H and O–H groups in total. The number of carbonyl (C=O) groups is 1. The predicted molar refractivity (Wildman–Crippen MR) is 123 cm³/mol. The highest BCUT2D eigenvalue weighted by molar-refractivity contribution is 7.45. The van der Waals surface area contributed by atoms with E-state index < -0.39 is 14.6 Å². The average Bonchev–Trinajstić information content (AvgIpc) is 3.38. The highest BCUT2D eigenvalue weighted by atomic mass is 31.2. The molecule has 1 aliphatic heterocycles. The van der Waals surface area contributed by atoms with Gasteiger partial charge in [-0.1, -0.05) is 25.1 Å². The van der Waals surface area contributed by atoms with E-state index >= 15 is 0 Å². The third-order valence-electron chi connectivity index (χ3n) is 5.45. The quantitative estimate of drug-likeness (QED) is 0.368. The second kappa shape index (κ2) is 9.92. The number of fused-ring (bicyclic) bond motifs is 1. The Morgan fingerprint density at radius 3 is 2.81 bits per heavy atom. The number of nitrogens with zero attached hydrogens (tertiary/aromatic N) is 3. The molecule has 1 fully saturated rings. The fraction of sp³-hybridized carbons (Fsp3) is 0.409. The number of nitrogen functional groups attached to an aromatic ring is 1. The molecule has 1 aliphatic rings. The Kier molecular flexibility index (Phi) is 7.01. The lowest BCUT2D eigenvalue weighted by Gasteiger charge is -2.26. The summed E-state index contributed by atoms with van der Waals surface area (Å²) in [4.78, 5) is 19.6. The van der Waals surface area contributed by atoms with Gasteiger partial charge in [-0.3, -0.25) is 0 Å². The monoisotopic (exact) mass is 457 g/mol. The van der Waals surface area contributed by atoms with Crippen LogP contribution in [0.3, 0.4) is 0 Å². The van der Waals surface area contributed by atoms with Gasteiger partial charge in [-0.25, -0.2) is 15.1 Å². The van der Waals surface area contributed by atoms with Crippen molar-refractivity contribution in [1.29, 1.82) is 0 Å². The summed E-state index contributed by atoms with van der Waals surface area (Å²) in [5, 5.41) is 3.92. The molecule has 170 valence electrons. The van der Waals surface area contributed by atoms with Crippen LogP contribution in [0.4, 0.5) is 5.82 Å². The Labute approximate surface area is 188 Å². The Morgan fingerprint density at radius 2 is 2.06 bits per heavy atom. The van der Waals surface area contributed by atoms with Crippen molar-refractivity contribution in [3.05, 3.63) is 48.9 Å². The lowest BCUT2D eigenvalue weighted by molar-refractivity contribution is -0.109. The standard InChI is InChI=1S/C22H28N5O4P/c1-14-11-19(29-22(14)27-10-9-18-20(23)24-13-25-21(18)27)16(3)30-32(26-15(2)12-28)31-17-7-5-4-6-8-17/h4-10,12-16,19,22,26H,11H2,1-3H3,(H2,23,24,25)/t14?,15-,16?,19?,22?,32?/m0/s1. The molecule has 1 saturated heterocycles. The van der Waals surface area contributed by atoms with Gasteiger partial charge in [0.15, 0.2) is 0 Å². The molecule has 2 aromatic heterocycles. The van der Waals surface area contributed by atoms with Crippen molar-refractivity contribution < 1.29 is 18.6 Å². The van der Waals surface area contributed by atoms with Crippen molar-refractivity contribution in [3.8, 4) is 5.75 Å².